The molecule has 3 aromatic rings. The van der Waals surface area contributed by atoms with Crippen LogP contribution in [0.4, 0.5) is 0 Å². The largest absolute Gasteiger partial charge is 0.378 e. The van der Waals surface area contributed by atoms with Crippen molar-refractivity contribution in [1.82, 2.24) is 14.9 Å². The van der Waals surface area contributed by atoms with E-state index in [1.54, 1.807) is 24.4 Å². The van der Waals surface area contributed by atoms with Crippen molar-refractivity contribution >= 4 is 44.9 Å². The van der Waals surface area contributed by atoms with Crippen LogP contribution in [0, 0.1) is 0 Å². The Kier molecular flexibility index (Phi) is 6.25. The van der Waals surface area contributed by atoms with E-state index < -0.39 is 0 Å². The third-order valence-electron chi connectivity index (χ3n) is 4.98. The van der Waals surface area contributed by atoms with Crippen molar-refractivity contribution in [2.45, 2.75) is 6.54 Å². The van der Waals surface area contributed by atoms with E-state index in [1.165, 1.54) is 0 Å². The van der Waals surface area contributed by atoms with Crippen LogP contribution in [0.3, 0.4) is 0 Å². The molecule has 1 aromatic heterocycles. The topological polar surface area (TPSA) is 75.9 Å². The second-order valence-corrected chi connectivity index (χ2v) is 7.76. The fraction of sp³-hybridized carbons (Fsp3) is 0.227. The van der Waals surface area contributed by atoms with Gasteiger partial charge in [0.15, 0.2) is 0 Å². The number of nitrogens with zero attached hydrogens (tertiary/aromatic N) is 3. The van der Waals surface area contributed by atoms with Crippen molar-refractivity contribution in [1.29, 1.82) is 0 Å². The molecule has 0 atom stereocenters. The molecule has 1 fully saturated rings. The molecule has 0 radical (unpaired) electrons. The number of amides is 2. The summed E-state index contributed by atoms with van der Waals surface area (Å²) in [4.78, 5) is 26.8. The highest BCUT2D eigenvalue weighted by Crippen LogP contribution is 2.20. The van der Waals surface area contributed by atoms with Crippen LogP contribution < -0.4 is 5.43 Å². The van der Waals surface area contributed by atoms with Crippen LogP contribution in [0.1, 0.15) is 15.9 Å². The zero-order chi connectivity index (χ0) is 20.9. The normalized spacial score (nSPS) is 14.4. The van der Waals surface area contributed by atoms with E-state index in [0.29, 0.717) is 36.3 Å². The van der Waals surface area contributed by atoms with E-state index in [-0.39, 0.29) is 18.4 Å². The van der Waals surface area contributed by atoms with E-state index in [4.69, 9.17) is 4.74 Å². The van der Waals surface area contributed by atoms with Gasteiger partial charge in [-0.05, 0) is 34.1 Å². The van der Waals surface area contributed by atoms with Gasteiger partial charge in [-0.3, -0.25) is 9.59 Å². The van der Waals surface area contributed by atoms with Gasteiger partial charge in [-0.2, -0.15) is 5.10 Å². The Bertz CT molecular complexity index is 1100. The average Bonchev–Trinajstić information content (AvgIpc) is 3.12. The van der Waals surface area contributed by atoms with Gasteiger partial charge in [-0.15, -0.1) is 0 Å². The number of morpholine rings is 1. The predicted octanol–water partition coefficient (Wildman–Crippen LogP) is 3.03. The zero-order valence-corrected chi connectivity index (χ0v) is 17.8. The summed E-state index contributed by atoms with van der Waals surface area (Å²) >= 11 is 3.37. The number of ether oxygens (including phenoxy) is 1. The highest BCUT2D eigenvalue weighted by Gasteiger charge is 2.18. The Hall–Kier alpha value is -2.97. The smallest absolute Gasteiger partial charge is 0.272 e. The lowest BCUT2D eigenvalue weighted by Gasteiger charge is -2.27. The van der Waals surface area contributed by atoms with Crippen molar-refractivity contribution in [2.75, 3.05) is 26.3 Å². The molecule has 8 heteroatoms. The highest BCUT2D eigenvalue weighted by atomic mass is 79.9. The third-order valence-corrected chi connectivity index (χ3v) is 5.67. The molecule has 2 amide bonds. The molecule has 0 bridgehead atoms. The molecule has 30 heavy (non-hydrogen) atoms. The Morgan fingerprint density at radius 2 is 1.83 bits per heavy atom. The van der Waals surface area contributed by atoms with E-state index in [1.807, 2.05) is 46.0 Å². The first kappa shape index (κ1) is 20.3. The number of hydrogen-bond donors (Lipinski definition) is 1. The van der Waals surface area contributed by atoms with Crippen molar-refractivity contribution < 1.29 is 14.3 Å². The van der Waals surface area contributed by atoms with Gasteiger partial charge in [-0.25, -0.2) is 5.43 Å². The van der Waals surface area contributed by atoms with Gasteiger partial charge in [0.05, 0.1) is 25.0 Å². The molecular formula is C22H21BrN4O3. The highest BCUT2D eigenvalue weighted by molar-refractivity contribution is 9.10. The van der Waals surface area contributed by atoms with Crippen LogP contribution in [0.25, 0.3) is 10.9 Å². The van der Waals surface area contributed by atoms with Gasteiger partial charge in [0.2, 0.25) is 5.91 Å². The van der Waals surface area contributed by atoms with Gasteiger partial charge in [0, 0.05) is 40.2 Å². The third kappa shape index (κ3) is 4.44. The van der Waals surface area contributed by atoms with Crippen LogP contribution in [0.5, 0.6) is 0 Å². The van der Waals surface area contributed by atoms with Crippen LogP contribution in [-0.2, 0) is 16.1 Å². The first-order valence-electron chi connectivity index (χ1n) is 9.65. The molecule has 0 saturated carbocycles. The Morgan fingerprint density at radius 1 is 1.10 bits per heavy atom. The molecule has 1 aliphatic rings. The number of carbonyl (C=O) groups excluding carboxylic acids is 2. The maximum atomic E-state index is 12.7. The lowest BCUT2D eigenvalue weighted by Crippen LogP contribution is -2.42. The second kappa shape index (κ2) is 9.23. The number of nitrogens with one attached hydrogen (secondary N) is 1. The first-order chi connectivity index (χ1) is 14.6. The average molecular weight is 469 g/mol. The van der Waals surface area contributed by atoms with Crippen molar-refractivity contribution in [3.63, 3.8) is 0 Å². The minimum Gasteiger partial charge on any atom is -0.378 e. The molecule has 4 rings (SSSR count). The summed E-state index contributed by atoms with van der Waals surface area (Å²) in [6, 6.07) is 15.0. The number of benzene rings is 2. The summed E-state index contributed by atoms with van der Waals surface area (Å²) in [7, 11) is 0. The molecule has 0 unspecified atom stereocenters. The summed E-state index contributed by atoms with van der Waals surface area (Å²) in [5, 5.41) is 5.08. The first-order valence-corrected chi connectivity index (χ1v) is 10.4. The summed E-state index contributed by atoms with van der Waals surface area (Å²) in [6.07, 6.45) is 3.49. The number of carbonyl (C=O) groups is 2. The van der Waals surface area contributed by atoms with Gasteiger partial charge < -0.3 is 14.2 Å². The van der Waals surface area contributed by atoms with E-state index >= 15 is 0 Å². The molecule has 7 nitrogen and oxygen atoms in total. The Balaban J connectivity index is 1.51. The molecule has 2 aromatic carbocycles. The van der Waals surface area contributed by atoms with Gasteiger partial charge in [-0.1, -0.05) is 30.3 Å². The van der Waals surface area contributed by atoms with Gasteiger partial charge >= 0.3 is 0 Å². The summed E-state index contributed by atoms with van der Waals surface area (Å²) in [6.45, 7) is 2.64. The number of hydrogen-bond acceptors (Lipinski definition) is 4. The number of hydrazone groups is 1. The van der Waals surface area contributed by atoms with Crippen LogP contribution >= 0.6 is 15.9 Å². The van der Waals surface area contributed by atoms with E-state index in [2.05, 4.69) is 26.5 Å². The summed E-state index contributed by atoms with van der Waals surface area (Å²) < 4.78 is 7.95. The number of aromatic nitrogens is 1. The van der Waals surface area contributed by atoms with Gasteiger partial charge in [0.1, 0.15) is 6.54 Å². The zero-order valence-electron chi connectivity index (χ0n) is 16.3. The SMILES string of the molecule is O=C(N/N=C\c1cn(CC(=O)N2CCOCC2)c2ccccc12)c1ccccc1Br. The van der Waals surface area contributed by atoms with E-state index in [9.17, 15) is 9.59 Å². The monoisotopic (exact) mass is 468 g/mol. The minimum atomic E-state index is -0.301. The summed E-state index contributed by atoms with van der Waals surface area (Å²) in [5.74, 6) is -0.241. The molecule has 0 spiro atoms. The number of para-hydroxylation sites is 1. The molecule has 2 heterocycles. The number of halogens is 1. The predicted molar refractivity (Wildman–Crippen MR) is 119 cm³/mol. The van der Waals surface area contributed by atoms with Crippen molar-refractivity contribution in [3.05, 3.63) is 70.3 Å². The lowest BCUT2D eigenvalue weighted by atomic mass is 10.2. The fourth-order valence-electron chi connectivity index (χ4n) is 3.43. The quantitative estimate of drug-likeness (QED) is 0.461. The lowest BCUT2D eigenvalue weighted by molar-refractivity contribution is -0.135. The second-order valence-electron chi connectivity index (χ2n) is 6.90. The molecule has 1 aliphatic heterocycles. The minimum absolute atomic E-state index is 0.0600. The molecule has 1 N–H and O–H groups in total. The van der Waals surface area contributed by atoms with Crippen LogP contribution in [0.15, 0.2) is 64.3 Å². The molecule has 1 saturated heterocycles. The van der Waals surface area contributed by atoms with Gasteiger partial charge in [0.25, 0.3) is 5.91 Å². The van der Waals surface area contributed by atoms with Crippen LogP contribution in [-0.4, -0.2) is 53.8 Å². The van der Waals surface area contributed by atoms with Crippen LogP contribution in [0.2, 0.25) is 0 Å². The number of fused-ring (bicyclic) bond motifs is 1. The molecule has 154 valence electrons. The molecular weight excluding hydrogens is 448 g/mol. The fourth-order valence-corrected chi connectivity index (χ4v) is 3.90. The maximum absolute atomic E-state index is 12.7. The Morgan fingerprint density at radius 3 is 2.63 bits per heavy atom. The van der Waals surface area contributed by atoms with Crippen molar-refractivity contribution in [3.8, 4) is 0 Å². The summed E-state index contributed by atoms with van der Waals surface area (Å²) in [5.41, 5.74) is 4.83. The maximum Gasteiger partial charge on any atom is 0.272 e. The van der Waals surface area contributed by atoms with E-state index in [0.717, 1.165) is 16.5 Å². The number of rotatable bonds is 5. The standard InChI is InChI=1S/C22H21BrN4O3/c23-19-7-3-1-6-18(19)22(29)25-24-13-16-14-27(20-8-4-2-5-17(16)20)15-21(28)26-9-11-30-12-10-26/h1-8,13-14H,9-12,15H2,(H,25,29)/b24-13-. The Labute approximate surface area is 182 Å². The molecule has 0 aliphatic carbocycles. The van der Waals surface area contributed by atoms with Crippen molar-refractivity contribution in [2.24, 2.45) is 5.10 Å².